The molecule has 1 saturated heterocycles. The van der Waals surface area contributed by atoms with Crippen molar-refractivity contribution in [3.8, 4) is 0 Å². The molecule has 84 valence electrons. The molecule has 0 saturated carbocycles. The number of aliphatic hydroxyl groups is 3. The number of alkyl halides is 3. The van der Waals surface area contributed by atoms with Gasteiger partial charge < -0.3 is 15.3 Å². The molecule has 0 spiro atoms. The van der Waals surface area contributed by atoms with Crippen molar-refractivity contribution in [1.29, 1.82) is 0 Å². The Morgan fingerprint density at radius 2 is 1.93 bits per heavy atom. The Bertz CT molecular complexity index is 223. The predicted octanol–water partition coefficient (Wildman–Crippen LogP) is 0.137. The van der Waals surface area contributed by atoms with Gasteiger partial charge in [0, 0.05) is 5.25 Å². The summed E-state index contributed by atoms with van der Waals surface area (Å²) in [5.41, 5.74) is -3.12. The third kappa shape index (κ3) is 1.52. The van der Waals surface area contributed by atoms with Gasteiger partial charge >= 0.3 is 6.18 Å². The zero-order valence-electron chi connectivity index (χ0n) is 7.32. The summed E-state index contributed by atoms with van der Waals surface area (Å²) in [6.07, 6.45) is -6.87. The van der Waals surface area contributed by atoms with Crippen molar-refractivity contribution < 1.29 is 28.5 Å². The first-order valence-corrected chi connectivity index (χ1v) is 4.93. The molecule has 1 aliphatic heterocycles. The quantitative estimate of drug-likeness (QED) is 0.601. The van der Waals surface area contributed by atoms with Crippen LogP contribution < -0.4 is 0 Å². The van der Waals surface area contributed by atoms with Crippen LogP contribution in [0.4, 0.5) is 13.2 Å². The van der Waals surface area contributed by atoms with Gasteiger partial charge in [0.05, 0.1) is 11.9 Å². The summed E-state index contributed by atoms with van der Waals surface area (Å²) in [4.78, 5) is 0. The topological polar surface area (TPSA) is 60.7 Å². The van der Waals surface area contributed by atoms with Crippen molar-refractivity contribution in [2.24, 2.45) is 0 Å². The number of hydrogen-bond donors (Lipinski definition) is 3. The molecule has 0 aromatic rings. The van der Waals surface area contributed by atoms with E-state index in [1.807, 2.05) is 0 Å². The van der Waals surface area contributed by atoms with E-state index in [1.165, 1.54) is 6.92 Å². The van der Waals surface area contributed by atoms with Crippen LogP contribution in [0, 0.1) is 0 Å². The van der Waals surface area contributed by atoms with Gasteiger partial charge in [0.15, 0.2) is 5.60 Å². The minimum atomic E-state index is -4.89. The van der Waals surface area contributed by atoms with E-state index < -0.39 is 35.0 Å². The summed E-state index contributed by atoms with van der Waals surface area (Å²) in [7, 11) is 0. The van der Waals surface area contributed by atoms with Crippen LogP contribution >= 0.6 is 11.8 Å². The number of aliphatic hydroxyl groups excluding tert-OH is 2. The van der Waals surface area contributed by atoms with Crippen LogP contribution in [0.1, 0.15) is 6.92 Å². The third-order valence-electron chi connectivity index (χ3n) is 2.44. The maximum Gasteiger partial charge on any atom is 0.420 e. The average Bonchev–Trinajstić information content (AvgIpc) is 2.29. The van der Waals surface area contributed by atoms with Crippen molar-refractivity contribution in [2.45, 2.75) is 35.3 Å². The highest BCUT2D eigenvalue weighted by molar-refractivity contribution is 8.01. The van der Waals surface area contributed by atoms with Crippen molar-refractivity contribution in [3.63, 3.8) is 0 Å². The van der Waals surface area contributed by atoms with E-state index in [-0.39, 0.29) is 0 Å². The number of rotatable bonds is 1. The SMILES string of the molecule is C[C@@H]1S[C@H](CO)[C@@H](O)[C@]1(O)C(F)(F)F. The van der Waals surface area contributed by atoms with Crippen LogP contribution in [0.25, 0.3) is 0 Å². The molecule has 0 unspecified atom stereocenters. The second-order valence-electron chi connectivity index (χ2n) is 3.27. The lowest BCUT2D eigenvalue weighted by Gasteiger charge is -2.32. The maximum absolute atomic E-state index is 12.5. The minimum Gasteiger partial charge on any atom is -0.395 e. The highest BCUT2D eigenvalue weighted by Gasteiger charge is 2.67. The Kier molecular flexibility index (Phi) is 3.07. The summed E-state index contributed by atoms with van der Waals surface area (Å²) in [6.45, 7) is 0.589. The smallest absolute Gasteiger partial charge is 0.395 e. The molecule has 0 aromatic carbocycles. The second kappa shape index (κ2) is 3.55. The molecule has 7 heteroatoms. The Morgan fingerprint density at radius 3 is 2.14 bits per heavy atom. The first-order valence-electron chi connectivity index (χ1n) is 3.98. The summed E-state index contributed by atoms with van der Waals surface area (Å²) in [5, 5.41) is 25.1. The monoisotopic (exact) mass is 232 g/mol. The van der Waals surface area contributed by atoms with Crippen molar-refractivity contribution in [2.75, 3.05) is 6.61 Å². The van der Waals surface area contributed by atoms with E-state index in [9.17, 15) is 23.4 Å². The highest BCUT2D eigenvalue weighted by Crippen LogP contribution is 2.49. The van der Waals surface area contributed by atoms with Crippen LogP contribution in [0.15, 0.2) is 0 Å². The van der Waals surface area contributed by atoms with Crippen LogP contribution in [-0.4, -0.2) is 50.3 Å². The molecule has 0 aliphatic carbocycles. The minimum absolute atomic E-state index is 0.589. The van der Waals surface area contributed by atoms with Crippen LogP contribution in [0.5, 0.6) is 0 Å². The van der Waals surface area contributed by atoms with E-state index in [0.29, 0.717) is 0 Å². The molecular weight excluding hydrogens is 221 g/mol. The Balaban J connectivity index is 2.99. The second-order valence-corrected chi connectivity index (χ2v) is 4.85. The predicted molar refractivity (Wildman–Crippen MR) is 44.9 cm³/mol. The fraction of sp³-hybridized carbons (Fsp3) is 1.00. The molecule has 0 bridgehead atoms. The van der Waals surface area contributed by atoms with Gasteiger partial charge in [-0.3, -0.25) is 0 Å². The van der Waals surface area contributed by atoms with Crippen LogP contribution in [-0.2, 0) is 0 Å². The standard InChI is InChI=1S/C7H11F3O3S/c1-3-6(13,7(8,9)10)5(12)4(2-11)14-3/h3-5,11-13H,2H2,1H3/t3-,4+,5+,6-/m0/s1. The summed E-state index contributed by atoms with van der Waals surface area (Å²) < 4.78 is 37.4. The largest absolute Gasteiger partial charge is 0.420 e. The fourth-order valence-corrected chi connectivity index (χ4v) is 2.95. The molecule has 1 fully saturated rings. The highest BCUT2D eigenvalue weighted by atomic mass is 32.2. The summed E-state index contributed by atoms with van der Waals surface area (Å²) in [5.74, 6) is 0. The van der Waals surface area contributed by atoms with Gasteiger partial charge in [0.25, 0.3) is 0 Å². The van der Waals surface area contributed by atoms with Crippen molar-refractivity contribution >= 4 is 11.8 Å². The van der Waals surface area contributed by atoms with Gasteiger partial charge in [-0.1, -0.05) is 6.92 Å². The lowest BCUT2D eigenvalue weighted by molar-refractivity contribution is -0.285. The Morgan fingerprint density at radius 1 is 1.43 bits per heavy atom. The van der Waals surface area contributed by atoms with Crippen molar-refractivity contribution in [3.05, 3.63) is 0 Å². The van der Waals surface area contributed by atoms with Gasteiger partial charge in [-0.2, -0.15) is 13.2 Å². The lowest BCUT2D eigenvalue weighted by Crippen LogP contribution is -2.58. The van der Waals surface area contributed by atoms with Gasteiger partial charge in [-0.25, -0.2) is 0 Å². The molecule has 1 rings (SSSR count). The zero-order valence-corrected chi connectivity index (χ0v) is 8.14. The van der Waals surface area contributed by atoms with E-state index >= 15 is 0 Å². The number of hydrogen-bond acceptors (Lipinski definition) is 4. The molecular formula is C7H11F3O3S. The molecule has 14 heavy (non-hydrogen) atoms. The Labute approximate surface area is 82.9 Å². The zero-order chi connectivity index (χ0) is 11.1. The molecule has 0 radical (unpaired) electrons. The van der Waals surface area contributed by atoms with Crippen LogP contribution in [0.3, 0.4) is 0 Å². The lowest BCUT2D eigenvalue weighted by atomic mass is 9.91. The Hall–Kier alpha value is 0.0200. The normalized spacial score (nSPS) is 44.4. The van der Waals surface area contributed by atoms with E-state index in [1.54, 1.807) is 0 Å². The maximum atomic E-state index is 12.5. The molecule has 3 N–H and O–H groups in total. The number of halogens is 3. The summed E-state index contributed by atoms with van der Waals surface area (Å²) >= 11 is 0.737. The van der Waals surface area contributed by atoms with Gasteiger partial charge in [0.2, 0.25) is 0 Å². The molecule has 4 atom stereocenters. The molecule has 0 amide bonds. The molecule has 0 aromatic heterocycles. The van der Waals surface area contributed by atoms with Crippen LogP contribution in [0.2, 0.25) is 0 Å². The fourth-order valence-electron chi connectivity index (χ4n) is 1.51. The van der Waals surface area contributed by atoms with Crippen molar-refractivity contribution in [1.82, 2.24) is 0 Å². The van der Waals surface area contributed by atoms with E-state index in [0.717, 1.165) is 11.8 Å². The third-order valence-corrected chi connectivity index (χ3v) is 3.96. The number of thioether (sulfide) groups is 1. The summed E-state index contributed by atoms with van der Waals surface area (Å²) in [6, 6.07) is 0. The van der Waals surface area contributed by atoms with E-state index in [2.05, 4.69) is 0 Å². The van der Waals surface area contributed by atoms with Gasteiger partial charge in [-0.05, 0) is 0 Å². The van der Waals surface area contributed by atoms with E-state index in [4.69, 9.17) is 5.11 Å². The molecule has 3 nitrogen and oxygen atoms in total. The first-order chi connectivity index (χ1) is 6.25. The molecule has 1 heterocycles. The average molecular weight is 232 g/mol. The van der Waals surface area contributed by atoms with Gasteiger partial charge in [0.1, 0.15) is 6.10 Å². The molecule has 1 aliphatic rings. The first kappa shape index (κ1) is 12.1. The van der Waals surface area contributed by atoms with Gasteiger partial charge in [-0.15, -0.1) is 11.8 Å².